The van der Waals surface area contributed by atoms with Gasteiger partial charge in [-0.1, -0.05) is 11.6 Å². The van der Waals surface area contributed by atoms with Crippen molar-refractivity contribution in [3.63, 3.8) is 0 Å². The third-order valence-corrected chi connectivity index (χ3v) is 10.00. The van der Waals surface area contributed by atoms with Gasteiger partial charge in [-0.15, -0.1) is 0 Å². The molecule has 0 saturated carbocycles. The lowest BCUT2D eigenvalue weighted by atomic mass is 9.96. The van der Waals surface area contributed by atoms with Gasteiger partial charge < -0.3 is 24.4 Å². The monoisotopic (exact) mass is 661 g/mol. The van der Waals surface area contributed by atoms with E-state index in [1.165, 1.54) is 6.20 Å². The van der Waals surface area contributed by atoms with Gasteiger partial charge in [0.2, 0.25) is 0 Å². The van der Waals surface area contributed by atoms with Gasteiger partial charge in [-0.25, -0.2) is 14.2 Å². The zero-order valence-electron chi connectivity index (χ0n) is 27.0. The molecule has 4 aliphatic rings. The molecular weight excluding hydrogens is 617 g/mol. The lowest BCUT2D eigenvalue weighted by Crippen LogP contribution is -2.57. The van der Waals surface area contributed by atoms with E-state index in [-0.39, 0.29) is 47.3 Å². The number of carbonyl (C=O) groups excluding carboxylic acids is 1. The smallest absolute Gasteiger partial charge is 0.410 e. The van der Waals surface area contributed by atoms with Crippen LogP contribution in [0.1, 0.15) is 65.7 Å². The van der Waals surface area contributed by atoms with Gasteiger partial charge in [0.05, 0.1) is 23.9 Å². The lowest BCUT2D eigenvalue weighted by Gasteiger charge is -2.42. The van der Waals surface area contributed by atoms with Crippen LogP contribution < -0.4 is 9.64 Å². The maximum absolute atomic E-state index is 15.3. The van der Waals surface area contributed by atoms with Gasteiger partial charge >= 0.3 is 18.1 Å². The molecule has 6 rings (SSSR count). The molecular formula is C32H45ClFN7O5. The van der Waals surface area contributed by atoms with Gasteiger partial charge in [-0.2, -0.15) is 9.97 Å². The molecule has 6 heterocycles. The number of carboxylic acid groups (broad SMARTS) is 1. The molecule has 4 aliphatic heterocycles. The van der Waals surface area contributed by atoms with Gasteiger partial charge in [0, 0.05) is 38.4 Å². The summed E-state index contributed by atoms with van der Waals surface area (Å²) < 4.78 is 27.3. The summed E-state index contributed by atoms with van der Waals surface area (Å²) in [4.78, 5) is 45.9. The van der Waals surface area contributed by atoms with Crippen molar-refractivity contribution in [3.8, 4) is 6.01 Å². The second-order valence-corrected chi connectivity index (χ2v) is 14.5. The number of piperazine rings is 1. The molecule has 46 heavy (non-hydrogen) atoms. The first-order valence-electron chi connectivity index (χ1n) is 16.5. The normalized spacial score (nSPS) is 24.6. The van der Waals surface area contributed by atoms with Crippen LogP contribution in [0.2, 0.25) is 5.15 Å². The number of hydrogen-bond donors (Lipinski definition) is 1. The number of aliphatic carboxylic acids is 1. The average Bonchev–Trinajstić information content (AvgIpc) is 3.56. The van der Waals surface area contributed by atoms with Crippen molar-refractivity contribution < 1.29 is 28.6 Å². The SMILES string of the molecule is CC(C)(C)OC(=O)N1C2CCC1CN(c1nc(OC[C@@H]3CCCN3CC3CCN(CCC(=O)O)CC3)nc3c(F)c(Cl)ncc13)C2. The molecule has 1 N–H and O–H groups in total. The van der Waals surface area contributed by atoms with Gasteiger partial charge in [-0.3, -0.25) is 14.6 Å². The Balaban J connectivity index is 1.14. The van der Waals surface area contributed by atoms with E-state index < -0.39 is 17.4 Å². The number of carboxylic acids is 1. The first-order chi connectivity index (χ1) is 21.9. The summed E-state index contributed by atoms with van der Waals surface area (Å²) in [5.41, 5.74) is -0.513. The van der Waals surface area contributed by atoms with Gasteiger partial charge in [0.25, 0.3) is 0 Å². The molecule has 14 heteroatoms. The Bertz CT molecular complexity index is 1420. The largest absolute Gasteiger partial charge is 0.481 e. The summed E-state index contributed by atoms with van der Waals surface area (Å²) in [7, 11) is 0. The fourth-order valence-corrected chi connectivity index (χ4v) is 7.60. The summed E-state index contributed by atoms with van der Waals surface area (Å²) in [6, 6.07) is 0.199. The maximum Gasteiger partial charge on any atom is 0.410 e. The second kappa shape index (κ2) is 13.6. The predicted octanol–water partition coefficient (Wildman–Crippen LogP) is 4.44. The number of rotatable bonds is 9. The number of halogens is 2. The summed E-state index contributed by atoms with van der Waals surface area (Å²) in [6.07, 6.45) is 7.28. The number of nitrogens with zero attached hydrogens (tertiary/aromatic N) is 7. The zero-order valence-corrected chi connectivity index (χ0v) is 27.7. The van der Waals surface area contributed by atoms with E-state index >= 15 is 4.39 Å². The Morgan fingerprint density at radius 2 is 1.78 bits per heavy atom. The van der Waals surface area contributed by atoms with E-state index in [4.69, 9.17) is 31.2 Å². The average molecular weight is 662 g/mol. The molecule has 2 bridgehead atoms. The number of aromatic nitrogens is 3. The fraction of sp³-hybridized carbons (Fsp3) is 0.719. The van der Waals surface area contributed by atoms with Crippen LogP contribution in [0.5, 0.6) is 6.01 Å². The Hall–Kier alpha value is -3.03. The molecule has 12 nitrogen and oxygen atoms in total. The summed E-state index contributed by atoms with van der Waals surface area (Å²) in [6.45, 7) is 11.5. The highest BCUT2D eigenvalue weighted by molar-refractivity contribution is 6.30. The molecule has 2 aromatic heterocycles. The molecule has 0 aromatic carbocycles. The third kappa shape index (κ3) is 7.41. The van der Waals surface area contributed by atoms with Crippen molar-refractivity contribution in [3.05, 3.63) is 17.2 Å². The Morgan fingerprint density at radius 1 is 1.07 bits per heavy atom. The van der Waals surface area contributed by atoms with Crippen molar-refractivity contribution in [1.82, 2.24) is 29.7 Å². The molecule has 2 aromatic rings. The van der Waals surface area contributed by atoms with Crippen LogP contribution in [0, 0.1) is 11.7 Å². The molecule has 2 unspecified atom stereocenters. The number of anilines is 1. The topological polar surface area (TPSA) is 124 Å². The van der Waals surface area contributed by atoms with Crippen molar-refractivity contribution in [2.45, 2.75) is 89.4 Å². The van der Waals surface area contributed by atoms with Gasteiger partial charge in [0.15, 0.2) is 11.0 Å². The van der Waals surface area contributed by atoms with E-state index in [2.05, 4.69) is 24.7 Å². The minimum Gasteiger partial charge on any atom is -0.481 e. The number of likely N-dealkylation sites (tertiary alicyclic amines) is 2. The number of pyridine rings is 1. The number of amides is 1. The Kier molecular flexibility index (Phi) is 9.73. The molecule has 0 spiro atoms. The molecule has 0 aliphatic carbocycles. The zero-order chi connectivity index (χ0) is 32.6. The fourth-order valence-electron chi connectivity index (χ4n) is 7.47. The number of fused-ring (bicyclic) bond motifs is 3. The maximum atomic E-state index is 15.3. The van der Waals surface area contributed by atoms with Crippen LogP contribution in [0.15, 0.2) is 6.20 Å². The quantitative estimate of drug-likeness (QED) is 0.384. The molecule has 4 saturated heterocycles. The van der Waals surface area contributed by atoms with E-state index in [1.807, 2.05) is 25.7 Å². The Labute approximate surface area is 274 Å². The van der Waals surface area contributed by atoms with Crippen LogP contribution >= 0.6 is 11.6 Å². The molecule has 1 amide bonds. The van der Waals surface area contributed by atoms with E-state index in [0.717, 1.165) is 64.7 Å². The van der Waals surface area contributed by atoms with Crippen LogP contribution in [0.25, 0.3) is 10.9 Å². The highest BCUT2D eigenvalue weighted by Crippen LogP contribution is 2.37. The van der Waals surface area contributed by atoms with Crippen LogP contribution in [-0.2, 0) is 9.53 Å². The van der Waals surface area contributed by atoms with E-state index in [1.54, 1.807) is 0 Å². The molecule has 4 fully saturated rings. The predicted molar refractivity (Wildman–Crippen MR) is 171 cm³/mol. The standard InChI is InChI=1S/C32H45ClFN7O5/c1-32(2,3)46-31(44)41-21-6-7-22(41)18-40(17-21)29-24-15-35-28(33)26(34)27(24)36-30(37-29)45-19-23-5-4-11-39(23)16-20-8-12-38(13-9-20)14-10-25(42)43/h15,20-23H,4-14,16-19H2,1-3H3,(H,42,43)/t21?,22?,23-/m0/s1. The lowest BCUT2D eigenvalue weighted by molar-refractivity contribution is -0.137. The van der Waals surface area contributed by atoms with Crippen molar-refractivity contribution >= 4 is 40.4 Å². The first-order valence-corrected chi connectivity index (χ1v) is 16.9. The first kappa shape index (κ1) is 32.9. The van der Waals surface area contributed by atoms with Crippen LogP contribution in [-0.4, -0.2) is 123 Å². The number of hydrogen-bond acceptors (Lipinski definition) is 10. The van der Waals surface area contributed by atoms with Crippen LogP contribution in [0.4, 0.5) is 15.0 Å². The van der Waals surface area contributed by atoms with Crippen molar-refractivity contribution in [2.75, 3.05) is 57.3 Å². The van der Waals surface area contributed by atoms with E-state index in [9.17, 15) is 9.59 Å². The van der Waals surface area contributed by atoms with Gasteiger partial charge in [-0.05, 0) is 84.8 Å². The summed E-state index contributed by atoms with van der Waals surface area (Å²) in [5, 5.41) is 9.19. The molecule has 252 valence electrons. The third-order valence-electron chi connectivity index (χ3n) is 9.73. The highest BCUT2D eigenvalue weighted by atomic mass is 35.5. The van der Waals surface area contributed by atoms with Crippen molar-refractivity contribution in [2.24, 2.45) is 5.92 Å². The number of carbonyl (C=O) groups is 2. The van der Waals surface area contributed by atoms with E-state index in [0.29, 0.717) is 43.4 Å². The minimum atomic E-state index is -0.750. The molecule has 0 radical (unpaired) electrons. The Morgan fingerprint density at radius 3 is 2.46 bits per heavy atom. The summed E-state index contributed by atoms with van der Waals surface area (Å²) in [5.74, 6) is -0.370. The minimum absolute atomic E-state index is 0.0517. The number of piperidine rings is 1. The second-order valence-electron chi connectivity index (χ2n) is 14.2. The number of ether oxygens (including phenoxy) is 2. The highest BCUT2D eigenvalue weighted by Gasteiger charge is 2.45. The molecule has 3 atom stereocenters. The van der Waals surface area contributed by atoms with Gasteiger partial charge in [0.1, 0.15) is 23.5 Å². The summed E-state index contributed by atoms with van der Waals surface area (Å²) >= 11 is 6.08. The van der Waals surface area contributed by atoms with Crippen molar-refractivity contribution in [1.29, 1.82) is 0 Å². The van der Waals surface area contributed by atoms with Crippen LogP contribution in [0.3, 0.4) is 0 Å².